The molecule has 1 aromatic carbocycles. The highest BCUT2D eigenvalue weighted by molar-refractivity contribution is 5.37. The Bertz CT molecular complexity index is 598. The van der Waals surface area contributed by atoms with Crippen LogP contribution in [0.4, 0.5) is 0 Å². The number of pyridine rings is 1. The molecule has 1 heterocycles. The Morgan fingerprint density at radius 1 is 1.19 bits per heavy atom. The van der Waals surface area contributed by atoms with Gasteiger partial charge in [0, 0.05) is 30.9 Å². The number of nitrogens with two attached hydrogens (primary N) is 1. The molecule has 0 fully saturated rings. The second kappa shape index (κ2) is 7.20. The molecule has 0 spiro atoms. The van der Waals surface area contributed by atoms with Crippen LogP contribution in [0.5, 0.6) is 5.75 Å². The molecular formula is C17H23N3O. The van der Waals surface area contributed by atoms with Gasteiger partial charge in [-0.15, -0.1) is 0 Å². The van der Waals surface area contributed by atoms with Crippen LogP contribution in [0, 0.1) is 6.92 Å². The van der Waals surface area contributed by atoms with Gasteiger partial charge in [-0.05, 0) is 43.8 Å². The van der Waals surface area contributed by atoms with Crippen molar-refractivity contribution in [2.24, 2.45) is 5.73 Å². The molecule has 2 aromatic rings. The van der Waals surface area contributed by atoms with Crippen LogP contribution in [0.2, 0.25) is 0 Å². The van der Waals surface area contributed by atoms with Crippen molar-refractivity contribution in [3.8, 4) is 5.75 Å². The Hall–Kier alpha value is -1.91. The quantitative estimate of drug-likeness (QED) is 0.886. The van der Waals surface area contributed by atoms with Crippen LogP contribution in [0.3, 0.4) is 0 Å². The van der Waals surface area contributed by atoms with E-state index in [1.54, 1.807) is 7.11 Å². The van der Waals surface area contributed by atoms with Crippen molar-refractivity contribution >= 4 is 0 Å². The fraction of sp³-hybridized carbons (Fsp3) is 0.353. The van der Waals surface area contributed by atoms with Gasteiger partial charge in [-0.3, -0.25) is 9.88 Å². The standard InChI is InChI=1S/C17H23N3O/c1-13-5-4-6-16(19-13)12-20(2)11-14-7-8-17(21-3)15(9-14)10-18/h4-9H,10-12,18H2,1-3H3. The summed E-state index contributed by atoms with van der Waals surface area (Å²) in [7, 11) is 3.76. The number of ether oxygens (including phenoxy) is 1. The Labute approximate surface area is 126 Å². The van der Waals surface area contributed by atoms with Crippen LogP contribution < -0.4 is 10.5 Å². The van der Waals surface area contributed by atoms with Crippen LogP contribution in [0.1, 0.15) is 22.5 Å². The summed E-state index contributed by atoms with van der Waals surface area (Å²) in [5.74, 6) is 0.851. The molecule has 112 valence electrons. The lowest BCUT2D eigenvalue weighted by Gasteiger charge is -2.17. The Morgan fingerprint density at radius 3 is 2.67 bits per heavy atom. The molecule has 0 amide bonds. The summed E-state index contributed by atoms with van der Waals surface area (Å²) in [5, 5.41) is 0. The number of nitrogens with zero attached hydrogens (tertiary/aromatic N) is 2. The lowest BCUT2D eigenvalue weighted by Crippen LogP contribution is -2.18. The topological polar surface area (TPSA) is 51.4 Å². The van der Waals surface area contributed by atoms with Crippen LogP contribution in [0.15, 0.2) is 36.4 Å². The zero-order valence-corrected chi connectivity index (χ0v) is 13.0. The first-order chi connectivity index (χ1) is 10.1. The van der Waals surface area contributed by atoms with Crippen LogP contribution in [-0.4, -0.2) is 24.0 Å². The lowest BCUT2D eigenvalue weighted by atomic mass is 10.1. The van der Waals surface area contributed by atoms with Gasteiger partial charge in [-0.1, -0.05) is 12.1 Å². The molecule has 4 nitrogen and oxygen atoms in total. The second-order valence-corrected chi connectivity index (χ2v) is 5.29. The van der Waals surface area contributed by atoms with E-state index in [0.29, 0.717) is 6.54 Å². The highest BCUT2D eigenvalue weighted by atomic mass is 16.5. The summed E-state index contributed by atoms with van der Waals surface area (Å²) < 4.78 is 5.30. The number of benzene rings is 1. The molecule has 2 N–H and O–H groups in total. The van der Waals surface area contributed by atoms with Crippen molar-refractivity contribution in [2.45, 2.75) is 26.6 Å². The summed E-state index contributed by atoms with van der Waals surface area (Å²) >= 11 is 0. The molecule has 0 aliphatic carbocycles. The van der Waals surface area contributed by atoms with E-state index in [-0.39, 0.29) is 0 Å². The van der Waals surface area contributed by atoms with Crippen molar-refractivity contribution in [1.82, 2.24) is 9.88 Å². The fourth-order valence-electron chi connectivity index (χ4n) is 2.42. The maximum Gasteiger partial charge on any atom is 0.123 e. The monoisotopic (exact) mass is 285 g/mol. The molecule has 21 heavy (non-hydrogen) atoms. The maximum absolute atomic E-state index is 5.76. The van der Waals surface area contributed by atoms with E-state index in [4.69, 9.17) is 10.5 Å². The van der Waals surface area contributed by atoms with Gasteiger partial charge in [0.2, 0.25) is 0 Å². The van der Waals surface area contributed by atoms with Gasteiger partial charge in [0.1, 0.15) is 5.75 Å². The Morgan fingerprint density at radius 2 is 2.00 bits per heavy atom. The average Bonchev–Trinajstić information content (AvgIpc) is 2.47. The van der Waals surface area contributed by atoms with Crippen LogP contribution in [-0.2, 0) is 19.6 Å². The van der Waals surface area contributed by atoms with Gasteiger partial charge < -0.3 is 10.5 Å². The second-order valence-electron chi connectivity index (χ2n) is 5.29. The predicted molar refractivity (Wildman–Crippen MR) is 85.0 cm³/mol. The number of hydrogen-bond acceptors (Lipinski definition) is 4. The summed E-state index contributed by atoms with van der Waals surface area (Å²) in [6, 6.07) is 12.3. The highest BCUT2D eigenvalue weighted by Crippen LogP contribution is 2.20. The van der Waals surface area contributed by atoms with Crippen molar-refractivity contribution in [3.05, 3.63) is 58.9 Å². The van der Waals surface area contributed by atoms with Gasteiger partial charge in [0.25, 0.3) is 0 Å². The summed E-state index contributed by atoms with van der Waals surface area (Å²) in [4.78, 5) is 6.77. The first-order valence-electron chi connectivity index (χ1n) is 7.09. The van der Waals surface area contributed by atoms with E-state index < -0.39 is 0 Å². The minimum absolute atomic E-state index is 0.486. The zero-order chi connectivity index (χ0) is 15.2. The molecule has 1 aromatic heterocycles. The largest absolute Gasteiger partial charge is 0.496 e. The molecular weight excluding hydrogens is 262 g/mol. The summed E-state index contributed by atoms with van der Waals surface area (Å²) in [6.07, 6.45) is 0. The molecule has 0 aliphatic heterocycles. The van der Waals surface area contributed by atoms with Gasteiger partial charge in [0.05, 0.1) is 12.8 Å². The molecule has 4 heteroatoms. The summed E-state index contributed by atoms with van der Waals surface area (Å²) in [5.41, 5.74) is 10.2. The van der Waals surface area contributed by atoms with E-state index in [9.17, 15) is 0 Å². The molecule has 0 saturated carbocycles. The SMILES string of the molecule is COc1ccc(CN(C)Cc2cccc(C)n2)cc1CN. The van der Waals surface area contributed by atoms with Gasteiger partial charge in [-0.2, -0.15) is 0 Å². The van der Waals surface area contributed by atoms with Crippen molar-refractivity contribution in [3.63, 3.8) is 0 Å². The molecule has 0 bridgehead atoms. The number of aromatic nitrogens is 1. The first kappa shape index (κ1) is 15.5. The zero-order valence-electron chi connectivity index (χ0n) is 13.0. The van der Waals surface area contributed by atoms with E-state index in [0.717, 1.165) is 35.8 Å². The first-order valence-corrected chi connectivity index (χ1v) is 7.09. The van der Waals surface area contributed by atoms with E-state index in [2.05, 4.69) is 35.1 Å². The normalized spacial score (nSPS) is 10.9. The van der Waals surface area contributed by atoms with Gasteiger partial charge in [-0.25, -0.2) is 0 Å². The number of aryl methyl sites for hydroxylation is 1. The lowest BCUT2D eigenvalue weighted by molar-refractivity contribution is 0.314. The molecule has 0 saturated heterocycles. The van der Waals surface area contributed by atoms with Crippen molar-refractivity contribution in [2.75, 3.05) is 14.2 Å². The van der Waals surface area contributed by atoms with Gasteiger partial charge in [0.15, 0.2) is 0 Å². The smallest absolute Gasteiger partial charge is 0.123 e. The summed E-state index contributed by atoms with van der Waals surface area (Å²) in [6.45, 7) is 4.18. The Kier molecular flexibility index (Phi) is 5.31. The minimum Gasteiger partial charge on any atom is -0.496 e. The molecule has 0 aliphatic rings. The molecule has 0 atom stereocenters. The third kappa shape index (κ3) is 4.28. The number of rotatable bonds is 6. The molecule has 0 unspecified atom stereocenters. The predicted octanol–water partition coefficient (Wildman–Crippen LogP) is 2.49. The maximum atomic E-state index is 5.76. The van der Waals surface area contributed by atoms with Crippen LogP contribution >= 0.6 is 0 Å². The van der Waals surface area contributed by atoms with Crippen LogP contribution in [0.25, 0.3) is 0 Å². The Balaban J connectivity index is 2.04. The number of methoxy groups -OCH3 is 1. The molecule has 0 radical (unpaired) electrons. The highest BCUT2D eigenvalue weighted by Gasteiger charge is 2.06. The minimum atomic E-state index is 0.486. The van der Waals surface area contributed by atoms with Crippen molar-refractivity contribution < 1.29 is 4.74 Å². The van der Waals surface area contributed by atoms with E-state index in [1.807, 2.05) is 25.1 Å². The molecule has 2 rings (SSSR count). The fourth-order valence-corrected chi connectivity index (χ4v) is 2.42. The van der Waals surface area contributed by atoms with Gasteiger partial charge >= 0.3 is 0 Å². The van der Waals surface area contributed by atoms with E-state index >= 15 is 0 Å². The average molecular weight is 285 g/mol. The van der Waals surface area contributed by atoms with E-state index in [1.165, 1.54) is 5.56 Å². The third-order valence-electron chi connectivity index (χ3n) is 3.40. The van der Waals surface area contributed by atoms with Crippen molar-refractivity contribution in [1.29, 1.82) is 0 Å². The number of hydrogen-bond donors (Lipinski definition) is 1. The third-order valence-corrected chi connectivity index (χ3v) is 3.40.